The van der Waals surface area contributed by atoms with Crippen molar-refractivity contribution in [3.05, 3.63) is 96.6 Å². The molecule has 0 heterocycles. The van der Waals surface area contributed by atoms with Crippen LogP contribution in [0.4, 0.5) is 0 Å². The van der Waals surface area contributed by atoms with Crippen molar-refractivity contribution < 1.29 is 23.1 Å². The first kappa shape index (κ1) is 38.9. The third-order valence-corrected chi connectivity index (χ3v) is 19.5. The Hall–Kier alpha value is -2.56. The van der Waals surface area contributed by atoms with Gasteiger partial charge in [-0.15, -0.1) is 0 Å². The number of hydrogen-bond donors (Lipinski definition) is 0. The molecule has 0 saturated heterocycles. The molecular weight excluding hydrogens is 617 g/mol. The minimum absolute atomic E-state index is 0.0540. The fourth-order valence-corrected chi connectivity index (χ4v) is 12.2. The molecule has 258 valence electrons. The van der Waals surface area contributed by atoms with Gasteiger partial charge in [0.2, 0.25) is 0 Å². The summed E-state index contributed by atoms with van der Waals surface area (Å²) in [4.78, 5) is 13.6. The van der Waals surface area contributed by atoms with Crippen molar-refractivity contribution in [3.8, 4) is 0 Å². The van der Waals surface area contributed by atoms with E-state index in [2.05, 4.69) is 134 Å². The Bertz CT molecular complexity index is 1340. The van der Waals surface area contributed by atoms with Gasteiger partial charge in [0.1, 0.15) is 0 Å². The molecular formula is C40H60O5Si2. The van der Waals surface area contributed by atoms with Crippen LogP contribution in [0.15, 0.2) is 91.0 Å². The van der Waals surface area contributed by atoms with Gasteiger partial charge >= 0.3 is 5.97 Å². The maximum absolute atomic E-state index is 13.6. The zero-order valence-corrected chi connectivity index (χ0v) is 33.1. The van der Waals surface area contributed by atoms with Gasteiger partial charge in [-0.25, -0.2) is 0 Å². The lowest BCUT2D eigenvalue weighted by molar-refractivity contribution is -0.165. The van der Waals surface area contributed by atoms with Crippen LogP contribution in [-0.4, -0.2) is 48.0 Å². The molecule has 3 aromatic rings. The van der Waals surface area contributed by atoms with E-state index in [4.69, 9.17) is 18.3 Å². The monoisotopic (exact) mass is 676 g/mol. The smallest absolute Gasteiger partial charge is 0.314 e. The summed E-state index contributed by atoms with van der Waals surface area (Å²) in [5.74, 6) is -0.462. The van der Waals surface area contributed by atoms with E-state index in [-0.39, 0.29) is 28.1 Å². The highest BCUT2D eigenvalue weighted by atomic mass is 28.4. The van der Waals surface area contributed by atoms with Crippen LogP contribution in [0.3, 0.4) is 0 Å². The van der Waals surface area contributed by atoms with Gasteiger partial charge in [-0.2, -0.15) is 0 Å². The molecule has 0 unspecified atom stereocenters. The minimum Gasteiger partial charge on any atom is -0.466 e. The zero-order valence-electron chi connectivity index (χ0n) is 31.1. The number of carbonyl (C=O) groups excluding carboxylic acids is 1. The number of benzene rings is 3. The molecule has 0 N–H and O–H groups in total. The average molecular weight is 677 g/mol. The second-order valence-corrected chi connectivity index (χ2v) is 25.0. The van der Waals surface area contributed by atoms with Gasteiger partial charge in [-0.05, 0) is 59.9 Å². The Balaban J connectivity index is 2.16. The molecule has 5 nitrogen and oxygen atoms in total. The molecule has 0 fully saturated rings. The first-order chi connectivity index (χ1) is 21.9. The van der Waals surface area contributed by atoms with E-state index in [1.54, 1.807) is 0 Å². The van der Waals surface area contributed by atoms with E-state index < -0.39 is 28.2 Å². The second kappa shape index (κ2) is 15.8. The molecule has 7 heteroatoms. The topological polar surface area (TPSA) is 54.0 Å². The van der Waals surface area contributed by atoms with Crippen LogP contribution in [-0.2, 0) is 29.7 Å². The van der Waals surface area contributed by atoms with Crippen molar-refractivity contribution in [2.75, 3.05) is 13.2 Å². The maximum Gasteiger partial charge on any atom is 0.314 e. The fraction of sp³-hybridized carbons (Fsp3) is 0.525. The van der Waals surface area contributed by atoms with E-state index in [1.807, 2.05) is 39.0 Å². The summed E-state index contributed by atoms with van der Waals surface area (Å²) in [6, 6.07) is 31.6. The summed E-state index contributed by atoms with van der Waals surface area (Å²) < 4.78 is 27.2. The fourth-order valence-electron chi connectivity index (χ4n) is 6.13. The van der Waals surface area contributed by atoms with E-state index in [0.29, 0.717) is 19.8 Å². The number of esters is 1. The van der Waals surface area contributed by atoms with Gasteiger partial charge in [-0.1, -0.05) is 139 Å². The third-order valence-electron chi connectivity index (χ3n) is 9.99. The van der Waals surface area contributed by atoms with Gasteiger partial charge in [0.05, 0.1) is 37.4 Å². The molecule has 0 aliphatic carbocycles. The van der Waals surface area contributed by atoms with Gasteiger partial charge in [-0.3, -0.25) is 4.79 Å². The lowest BCUT2D eigenvalue weighted by Crippen LogP contribution is -2.67. The summed E-state index contributed by atoms with van der Waals surface area (Å²) in [6.45, 7) is 27.0. The van der Waals surface area contributed by atoms with Gasteiger partial charge in [0.25, 0.3) is 8.32 Å². The predicted octanol–water partition coefficient (Wildman–Crippen LogP) is 8.76. The van der Waals surface area contributed by atoms with Crippen LogP contribution >= 0.6 is 0 Å². The summed E-state index contributed by atoms with van der Waals surface area (Å²) >= 11 is 0. The van der Waals surface area contributed by atoms with Crippen molar-refractivity contribution in [1.29, 1.82) is 0 Å². The van der Waals surface area contributed by atoms with Crippen LogP contribution < -0.4 is 10.4 Å². The molecule has 0 aliphatic rings. The van der Waals surface area contributed by atoms with E-state index in [0.717, 1.165) is 5.56 Å². The van der Waals surface area contributed by atoms with Crippen molar-refractivity contribution in [2.24, 2.45) is 11.3 Å². The van der Waals surface area contributed by atoms with E-state index in [9.17, 15) is 4.79 Å². The summed E-state index contributed by atoms with van der Waals surface area (Å²) in [5, 5.41) is 2.19. The van der Waals surface area contributed by atoms with Crippen molar-refractivity contribution in [3.63, 3.8) is 0 Å². The first-order valence-electron chi connectivity index (χ1n) is 17.1. The molecule has 0 radical (unpaired) electrons. The number of hydrogen-bond acceptors (Lipinski definition) is 5. The Kier molecular flexibility index (Phi) is 13.0. The summed E-state index contributed by atoms with van der Waals surface area (Å²) in [5.41, 5.74) is 0.165. The van der Waals surface area contributed by atoms with Crippen molar-refractivity contribution in [2.45, 2.75) is 111 Å². The van der Waals surface area contributed by atoms with E-state index in [1.165, 1.54) is 10.4 Å². The average Bonchev–Trinajstić information content (AvgIpc) is 3.01. The molecule has 3 rings (SSSR count). The molecule has 0 spiro atoms. The first-order valence-corrected chi connectivity index (χ1v) is 22.0. The van der Waals surface area contributed by atoms with Crippen LogP contribution in [0.1, 0.15) is 74.8 Å². The Morgan fingerprint density at radius 3 is 1.62 bits per heavy atom. The molecule has 3 atom stereocenters. The van der Waals surface area contributed by atoms with Gasteiger partial charge in [0, 0.05) is 5.92 Å². The summed E-state index contributed by atoms with van der Waals surface area (Å²) in [7, 11) is -5.19. The lowest BCUT2D eigenvalue weighted by atomic mass is 9.78. The molecule has 0 aliphatic heterocycles. The Morgan fingerprint density at radius 2 is 1.19 bits per heavy atom. The molecule has 0 saturated carbocycles. The standard InChI is InChI=1S/C40H60O5Si2/c1-13-42-37(41)40(9,10)36(45-46(11,12)38(3,4)5)31(2)35(43-29-32-23-17-14-18-24-32)30-44-47(39(6,7)8,33-25-19-15-20-26-33)34-27-21-16-22-28-34/h14-28,31,35-36H,13,29-30H2,1-12H3/t31-,35+,36-/m1/s1. The number of rotatable bonds is 15. The lowest BCUT2D eigenvalue weighted by Gasteiger charge is -2.48. The number of carbonyl (C=O) groups is 1. The van der Waals surface area contributed by atoms with Crippen LogP contribution in [0.25, 0.3) is 0 Å². The van der Waals surface area contributed by atoms with E-state index >= 15 is 0 Å². The van der Waals surface area contributed by atoms with Gasteiger partial charge < -0.3 is 18.3 Å². The quantitative estimate of drug-likeness (QED) is 0.119. The molecule has 0 amide bonds. The van der Waals surface area contributed by atoms with Gasteiger partial charge in [0.15, 0.2) is 8.32 Å². The molecule has 0 bridgehead atoms. The highest BCUT2D eigenvalue weighted by Crippen LogP contribution is 2.43. The SMILES string of the molecule is CCOC(=O)C(C)(C)[C@H](O[Si](C)(C)C(C)(C)C)[C@H](C)[C@H](CO[Si](c1ccccc1)(c1ccccc1)C(C)(C)C)OCc1ccccc1. The Morgan fingerprint density at radius 1 is 0.723 bits per heavy atom. The summed E-state index contributed by atoms with van der Waals surface area (Å²) in [6.07, 6.45) is -0.841. The van der Waals surface area contributed by atoms with Crippen LogP contribution in [0.5, 0.6) is 0 Å². The van der Waals surface area contributed by atoms with Crippen LogP contribution in [0, 0.1) is 11.3 Å². The normalized spacial score (nSPS) is 15.1. The molecule has 47 heavy (non-hydrogen) atoms. The van der Waals surface area contributed by atoms with Crippen molar-refractivity contribution >= 4 is 33.0 Å². The molecule has 3 aromatic carbocycles. The Labute approximate surface area is 287 Å². The highest BCUT2D eigenvalue weighted by molar-refractivity contribution is 6.99. The van der Waals surface area contributed by atoms with Crippen molar-refractivity contribution in [1.82, 2.24) is 0 Å². The third kappa shape index (κ3) is 9.12. The predicted molar refractivity (Wildman–Crippen MR) is 200 cm³/mol. The largest absolute Gasteiger partial charge is 0.466 e. The maximum atomic E-state index is 13.6. The highest BCUT2D eigenvalue weighted by Gasteiger charge is 2.53. The minimum atomic E-state index is -2.86. The van der Waals surface area contributed by atoms with Crippen LogP contribution in [0.2, 0.25) is 23.2 Å². The zero-order chi connectivity index (χ0) is 35.1. The number of ether oxygens (including phenoxy) is 2. The molecule has 0 aromatic heterocycles. The second-order valence-electron chi connectivity index (χ2n) is 15.9.